The first-order valence-electron chi connectivity index (χ1n) is 19.5. The summed E-state index contributed by atoms with van der Waals surface area (Å²) in [7, 11) is 0. The summed E-state index contributed by atoms with van der Waals surface area (Å²) < 4.78 is 71.4. The van der Waals surface area contributed by atoms with Gasteiger partial charge in [0.25, 0.3) is 0 Å². The fourth-order valence-electron chi connectivity index (χ4n) is 3.48. The van der Waals surface area contributed by atoms with Gasteiger partial charge in [-0.25, -0.2) is 0 Å². The molecule has 6 nitrogen and oxygen atoms in total. The zero-order valence-corrected chi connectivity index (χ0v) is 28.1. The highest BCUT2D eigenvalue weighted by atomic mass is 79.9. The third-order valence-electron chi connectivity index (χ3n) is 6.39. The molecule has 0 heterocycles. The molecule has 0 saturated heterocycles. The van der Waals surface area contributed by atoms with Gasteiger partial charge in [-0.1, -0.05) is 136 Å². The second-order valence-electron chi connectivity index (χ2n) is 10.7. The molecular formula is C32H62Br2O6. The molecule has 40 heavy (non-hydrogen) atoms. The number of carboxylic acid groups (broad SMARTS) is 3. The van der Waals surface area contributed by atoms with Crippen LogP contribution in [-0.2, 0) is 14.4 Å². The van der Waals surface area contributed by atoms with Crippen molar-refractivity contribution < 1.29 is 43.4 Å². The Morgan fingerprint density at radius 3 is 1.07 bits per heavy atom. The number of alkyl halides is 2. The maximum atomic E-state index is 11.3. The molecule has 0 aliphatic heterocycles. The van der Waals surface area contributed by atoms with Gasteiger partial charge in [0, 0.05) is 24.4 Å². The fourth-order valence-corrected chi connectivity index (χ4v) is 4.27. The van der Waals surface area contributed by atoms with Crippen molar-refractivity contribution in [3.63, 3.8) is 0 Å². The minimum Gasteiger partial charge on any atom is -0.481 e. The molecule has 0 spiro atoms. The maximum absolute atomic E-state index is 11.3. The molecule has 0 aromatic rings. The lowest BCUT2D eigenvalue weighted by atomic mass is 9.87. The first-order valence-corrected chi connectivity index (χ1v) is 16.8. The standard InChI is InChI=1S/C20H38O4.C8H16Br2.C4H8O2/c1-19(2,17(21)22)15-13-11-9-7-5-6-8-10-12-14-16-20(3,4)18(23)24;9-7-5-3-1-2-4-6-8-10;1-3(2)4(5)6/h5-16H2,1-4H3,(H,21,22)(H,23,24);1-8H2;3H,1-2H3,(H,5,6)/i1D3,3D3;;1D3,3D. The number of aliphatic carboxylic acids is 3. The summed E-state index contributed by atoms with van der Waals surface area (Å²) in [5.41, 5.74) is -3.38. The zero-order chi connectivity index (χ0) is 39.9. The molecule has 8 heteroatoms. The molecule has 3 atom stereocenters. The van der Waals surface area contributed by atoms with E-state index in [2.05, 4.69) is 31.9 Å². The number of carboxylic acids is 3. The minimum atomic E-state index is -2.77. The van der Waals surface area contributed by atoms with E-state index in [-0.39, 0.29) is 12.8 Å². The van der Waals surface area contributed by atoms with Crippen molar-refractivity contribution >= 4 is 49.8 Å². The largest absolute Gasteiger partial charge is 0.481 e. The van der Waals surface area contributed by atoms with Crippen LogP contribution in [0.15, 0.2) is 0 Å². The first kappa shape index (κ1) is 27.0. The molecule has 240 valence electrons. The van der Waals surface area contributed by atoms with Crippen LogP contribution in [0.3, 0.4) is 0 Å². The summed E-state index contributed by atoms with van der Waals surface area (Å²) in [5.74, 6) is -6.57. The quantitative estimate of drug-likeness (QED) is 0.0718. The first-order chi connectivity index (χ1) is 22.7. The number of carbonyl (C=O) groups is 3. The van der Waals surface area contributed by atoms with E-state index in [0.717, 1.165) is 58.3 Å². The van der Waals surface area contributed by atoms with Crippen molar-refractivity contribution in [2.75, 3.05) is 10.7 Å². The highest BCUT2D eigenvalue weighted by molar-refractivity contribution is 9.09. The Kier molecular flexibility index (Phi) is 19.2. The minimum absolute atomic E-state index is 0.143. The number of hydrogen-bond acceptors (Lipinski definition) is 3. The van der Waals surface area contributed by atoms with Crippen LogP contribution in [0.4, 0.5) is 0 Å². The normalized spacial score (nSPS) is 19.8. The van der Waals surface area contributed by atoms with Gasteiger partial charge in [0.15, 0.2) is 0 Å². The smallest absolute Gasteiger partial charge is 0.309 e. The van der Waals surface area contributed by atoms with Crippen LogP contribution in [0.2, 0.25) is 0 Å². The van der Waals surface area contributed by atoms with Gasteiger partial charge in [0.1, 0.15) is 0 Å². The second kappa shape index (κ2) is 28.5. The van der Waals surface area contributed by atoms with E-state index in [0.29, 0.717) is 12.8 Å². The van der Waals surface area contributed by atoms with Gasteiger partial charge in [0.2, 0.25) is 0 Å². The maximum Gasteiger partial charge on any atom is 0.309 e. The lowest BCUT2D eigenvalue weighted by Gasteiger charge is -2.18. The molecule has 0 aliphatic rings. The van der Waals surface area contributed by atoms with Gasteiger partial charge >= 0.3 is 17.9 Å². The predicted octanol–water partition coefficient (Wildman–Crippen LogP) is 10.7. The van der Waals surface area contributed by atoms with Crippen LogP contribution in [0.5, 0.6) is 0 Å². The van der Waals surface area contributed by atoms with Crippen LogP contribution in [0.25, 0.3) is 0 Å². The van der Waals surface area contributed by atoms with Crippen LogP contribution >= 0.6 is 31.9 Å². The van der Waals surface area contributed by atoms with Crippen LogP contribution in [-0.4, -0.2) is 43.9 Å². The zero-order valence-electron chi connectivity index (χ0n) is 35.0. The summed E-state index contributed by atoms with van der Waals surface area (Å²) >= 11 is 6.85. The van der Waals surface area contributed by atoms with Gasteiger partial charge in [-0.05, 0) is 53.2 Å². The van der Waals surface area contributed by atoms with Gasteiger partial charge in [0.05, 0.1) is 16.7 Å². The van der Waals surface area contributed by atoms with E-state index in [1.54, 1.807) is 0 Å². The third-order valence-corrected chi connectivity index (χ3v) is 7.51. The molecule has 3 N–H and O–H groups in total. The van der Waals surface area contributed by atoms with Crippen molar-refractivity contribution in [2.45, 2.75) is 157 Å². The van der Waals surface area contributed by atoms with Crippen molar-refractivity contribution in [1.29, 1.82) is 0 Å². The van der Waals surface area contributed by atoms with Gasteiger partial charge < -0.3 is 15.3 Å². The Balaban J connectivity index is -0.000000893. The molecule has 3 unspecified atom stereocenters. The average Bonchev–Trinajstić information content (AvgIpc) is 2.97. The van der Waals surface area contributed by atoms with Gasteiger partial charge in [-0.2, -0.15) is 0 Å². The Bertz CT molecular complexity index is 890. The topological polar surface area (TPSA) is 112 Å². The van der Waals surface area contributed by atoms with Crippen molar-refractivity contribution in [3.05, 3.63) is 0 Å². The molecule has 0 aliphatic carbocycles. The Morgan fingerprint density at radius 1 is 0.625 bits per heavy atom. The summed E-state index contributed by atoms with van der Waals surface area (Å²) in [6, 6.07) is 0. The van der Waals surface area contributed by atoms with E-state index in [1.807, 2.05) is 0 Å². The number of hydrogen-bond donors (Lipinski definition) is 3. The summed E-state index contributed by atoms with van der Waals surface area (Å²) in [6.45, 7) is -4.35. The van der Waals surface area contributed by atoms with Crippen molar-refractivity contribution in [3.8, 4) is 0 Å². The Labute approximate surface area is 277 Å². The monoisotopic (exact) mass is 710 g/mol. The molecule has 0 rings (SSSR count). The highest BCUT2D eigenvalue weighted by Crippen LogP contribution is 2.25. The van der Waals surface area contributed by atoms with Gasteiger partial charge in [-0.15, -0.1) is 0 Å². The Morgan fingerprint density at radius 2 is 0.900 bits per heavy atom. The lowest BCUT2D eigenvalue weighted by Crippen LogP contribution is -2.23. The highest BCUT2D eigenvalue weighted by Gasteiger charge is 2.26. The van der Waals surface area contributed by atoms with E-state index < -0.39 is 55.2 Å². The van der Waals surface area contributed by atoms with Crippen molar-refractivity contribution in [1.82, 2.24) is 0 Å². The van der Waals surface area contributed by atoms with E-state index in [1.165, 1.54) is 63.0 Å². The number of rotatable bonds is 23. The lowest BCUT2D eigenvalue weighted by molar-refractivity contribution is -0.148. The molecule has 0 saturated carbocycles. The number of unbranched alkanes of at least 4 members (excludes halogenated alkanes) is 14. The van der Waals surface area contributed by atoms with Gasteiger partial charge in [-0.3, -0.25) is 14.4 Å². The van der Waals surface area contributed by atoms with E-state index in [9.17, 15) is 24.6 Å². The summed E-state index contributed by atoms with van der Waals surface area (Å²) in [5, 5.41) is 29.0. The summed E-state index contributed by atoms with van der Waals surface area (Å²) in [4.78, 5) is 32.7. The van der Waals surface area contributed by atoms with E-state index >= 15 is 0 Å². The van der Waals surface area contributed by atoms with E-state index in [4.69, 9.17) is 18.8 Å². The van der Waals surface area contributed by atoms with Crippen molar-refractivity contribution in [2.24, 2.45) is 16.7 Å². The molecule has 0 aromatic carbocycles. The van der Waals surface area contributed by atoms with Crippen LogP contribution in [0, 0.1) is 16.7 Å². The third kappa shape index (κ3) is 31.9. The second-order valence-corrected chi connectivity index (χ2v) is 12.3. The Hall–Kier alpha value is -0.630. The molecule has 0 aromatic heterocycles. The molecule has 0 amide bonds. The fraction of sp³-hybridized carbons (Fsp3) is 0.906. The molecular weight excluding hydrogens is 640 g/mol. The molecule has 0 radical (unpaired) electrons. The molecule has 0 bridgehead atoms. The molecule has 0 fully saturated rings. The average molecular weight is 713 g/mol. The number of halogens is 2. The van der Waals surface area contributed by atoms with Crippen LogP contribution in [0.1, 0.15) is 171 Å². The SMILES string of the molecule is BrCCCCCCCCBr.[2H]C([2H])([2H])C(C)(CCCCCCCCCCCCC(C)(C(=O)O)C([2H])([2H])[2H])C(=O)O.[2H]C([2H])([2H])C([2H])(C)C(=O)O. The van der Waals surface area contributed by atoms with Crippen LogP contribution < -0.4 is 0 Å². The summed E-state index contributed by atoms with van der Waals surface area (Å²) in [6.07, 6.45) is 17.3. The predicted molar refractivity (Wildman–Crippen MR) is 176 cm³/mol.